The zero-order valence-electron chi connectivity index (χ0n) is 19.6. The Bertz CT molecular complexity index is 1120. The first-order valence-corrected chi connectivity index (χ1v) is 12.4. The first-order chi connectivity index (χ1) is 16.5. The molecule has 178 valence electrons. The van der Waals surface area contributed by atoms with Crippen molar-refractivity contribution in [1.82, 2.24) is 20.3 Å². The molecule has 2 heterocycles. The first-order valence-electron chi connectivity index (χ1n) is 11.5. The van der Waals surface area contributed by atoms with Gasteiger partial charge in [0.25, 0.3) is 5.91 Å². The molecule has 0 saturated carbocycles. The molecule has 3 aromatic rings. The van der Waals surface area contributed by atoms with Gasteiger partial charge in [0.05, 0.1) is 17.8 Å². The number of carbonyl (C=O) groups is 2. The van der Waals surface area contributed by atoms with Gasteiger partial charge in [0, 0.05) is 49.4 Å². The SMILES string of the molecule is Cc1ccc(CNC(=O)CN2CCN(C(=O)c3ccccc3SCc3cc(C)on3)CC2)cc1. The van der Waals surface area contributed by atoms with E-state index in [4.69, 9.17) is 4.52 Å². The third-order valence-corrected chi connectivity index (χ3v) is 6.91. The van der Waals surface area contributed by atoms with Gasteiger partial charge in [0.1, 0.15) is 5.76 Å². The first kappa shape index (κ1) is 24.0. The van der Waals surface area contributed by atoms with Crippen LogP contribution in [0, 0.1) is 13.8 Å². The molecule has 8 heteroatoms. The van der Waals surface area contributed by atoms with Gasteiger partial charge in [-0.15, -0.1) is 11.8 Å². The third kappa shape index (κ3) is 6.48. The van der Waals surface area contributed by atoms with Crippen LogP contribution >= 0.6 is 11.8 Å². The molecule has 7 nitrogen and oxygen atoms in total. The number of benzene rings is 2. The molecule has 1 N–H and O–H groups in total. The summed E-state index contributed by atoms with van der Waals surface area (Å²) in [5, 5.41) is 7.02. The van der Waals surface area contributed by atoms with Crippen LogP contribution in [0.15, 0.2) is 64.0 Å². The third-order valence-electron chi connectivity index (χ3n) is 5.81. The van der Waals surface area contributed by atoms with Crippen LogP contribution in [0.4, 0.5) is 0 Å². The van der Waals surface area contributed by atoms with E-state index >= 15 is 0 Å². The minimum absolute atomic E-state index is 0.00481. The number of nitrogens with one attached hydrogen (secondary N) is 1. The van der Waals surface area contributed by atoms with Crippen molar-refractivity contribution in [2.45, 2.75) is 31.0 Å². The van der Waals surface area contributed by atoms with E-state index in [1.54, 1.807) is 11.8 Å². The molecule has 0 radical (unpaired) electrons. The maximum atomic E-state index is 13.2. The van der Waals surface area contributed by atoms with Gasteiger partial charge < -0.3 is 14.7 Å². The van der Waals surface area contributed by atoms with Crippen molar-refractivity contribution in [2.75, 3.05) is 32.7 Å². The topological polar surface area (TPSA) is 78.7 Å². The molecule has 0 aliphatic carbocycles. The number of piperazine rings is 1. The van der Waals surface area contributed by atoms with E-state index in [2.05, 4.69) is 15.4 Å². The Labute approximate surface area is 204 Å². The Balaban J connectivity index is 1.25. The molecule has 4 rings (SSSR count). The van der Waals surface area contributed by atoms with Gasteiger partial charge in [-0.05, 0) is 31.5 Å². The molecular weight excluding hydrogens is 448 g/mol. The van der Waals surface area contributed by atoms with E-state index in [0.29, 0.717) is 50.6 Å². The van der Waals surface area contributed by atoms with Crippen molar-refractivity contribution < 1.29 is 14.1 Å². The van der Waals surface area contributed by atoms with Gasteiger partial charge in [-0.3, -0.25) is 14.5 Å². The maximum Gasteiger partial charge on any atom is 0.255 e. The van der Waals surface area contributed by atoms with Crippen molar-refractivity contribution in [3.05, 3.63) is 82.7 Å². The fraction of sp³-hybridized carbons (Fsp3) is 0.346. The highest BCUT2D eigenvalue weighted by molar-refractivity contribution is 7.98. The van der Waals surface area contributed by atoms with Gasteiger partial charge in [0.2, 0.25) is 5.91 Å². The van der Waals surface area contributed by atoms with Gasteiger partial charge in [-0.25, -0.2) is 0 Å². The molecule has 0 bridgehead atoms. The Morgan fingerprint density at radius 3 is 2.47 bits per heavy atom. The average molecular weight is 479 g/mol. The number of thioether (sulfide) groups is 1. The minimum atomic E-state index is 0.00481. The number of amides is 2. The predicted molar refractivity (Wildman–Crippen MR) is 133 cm³/mol. The Kier molecular flexibility index (Phi) is 8.03. The van der Waals surface area contributed by atoms with Crippen LogP contribution in [0.3, 0.4) is 0 Å². The lowest BCUT2D eigenvalue weighted by molar-refractivity contribution is -0.122. The van der Waals surface area contributed by atoms with Crippen molar-refractivity contribution >= 4 is 23.6 Å². The number of carbonyl (C=O) groups excluding carboxylic acids is 2. The summed E-state index contributed by atoms with van der Waals surface area (Å²) in [4.78, 5) is 30.5. The Hall–Kier alpha value is -3.10. The van der Waals surface area contributed by atoms with Crippen LogP contribution in [0.2, 0.25) is 0 Å². The van der Waals surface area contributed by atoms with Gasteiger partial charge in [-0.1, -0.05) is 47.1 Å². The van der Waals surface area contributed by atoms with E-state index < -0.39 is 0 Å². The number of hydrogen-bond donors (Lipinski definition) is 1. The number of hydrogen-bond acceptors (Lipinski definition) is 6. The van der Waals surface area contributed by atoms with E-state index in [0.717, 1.165) is 21.9 Å². The number of rotatable bonds is 8. The number of nitrogens with zero attached hydrogens (tertiary/aromatic N) is 3. The van der Waals surface area contributed by atoms with Crippen LogP contribution in [0.5, 0.6) is 0 Å². The highest BCUT2D eigenvalue weighted by Crippen LogP contribution is 2.27. The molecule has 1 aromatic heterocycles. The fourth-order valence-corrected chi connectivity index (χ4v) is 4.78. The minimum Gasteiger partial charge on any atom is -0.361 e. The molecule has 2 amide bonds. The predicted octanol–water partition coefficient (Wildman–Crippen LogP) is 3.66. The molecule has 0 unspecified atom stereocenters. The summed E-state index contributed by atoms with van der Waals surface area (Å²) in [6.45, 7) is 7.35. The molecule has 1 fully saturated rings. The van der Waals surface area contributed by atoms with Crippen molar-refractivity contribution in [3.63, 3.8) is 0 Å². The van der Waals surface area contributed by atoms with Gasteiger partial charge >= 0.3 is 0 Å². The second-order valence-corrected chi connectivity index (χ2v) is 9.56. The Morgan fingerprint density at radius 1 is 1.03 bits per heavy atom. The van der Waals surface area contributed by atoms with E-state index in [9.17, 15) is 9.59 Å². The average Bonchev–Trinajstić information content (AvgIpc) is 3.27. The zero-order chi connectivity index (χ0) is 23.9. The quantitative estimate of drug-likeness (QED) is 0.498. The van der Waals surface area contributed by atoms with Crippen LogP contribution in [-0.4, -0.2) is 59.5 Å². The molecule has 1 aliphatic rings. The lowest BCUT2D eigenvalue weighted by Gasteiger charge is -2.34. The van der Waals surface area contributed by atoms with Crippen molar-refractivity contribution in [3.8, 4) is 0 Å². The van der Waals surface area contributed by atoms with E-state index in [1.807, 2.05) is 73.3 Å². The summed E-state index contributed by atoms with van der Waals surface area (Å²) in [7, 11) is 0. The van der Waals surface area contributed by atoms with Crippen molar-refractivity contribution in [2.24, 2.45) is 0 Å². The van der Waals surface area contributed by atoms with Crippen LogP contribution in [0.1, 0.15) is 32.9 Å². The monoisotopic (exact) mass is 478 g/mol. The molecule has 1 saturated heterocycles. The molecule has 2 aromatic carbocycles. The van der Waals surface area contributed by atoms with E-state index in [1.165, 1.54) is 5.56 Å². The standard InChI is InChI=1S/C26H30N4O3S/c1-19-7-9-21(10-8-19)16-27-25(31)17-29-11-13-30(14-12-29)26(32)23-5-3-4-6-24(23)34-18-22-15-20(2)33-28-22/h3-10,15H,11-14,16-18H2,1-2H3,(H,27,31). The summed E-state index contributed by atoms with van der Waals surface area (Å²) < 4.78 is 5.13. The second kappa shape index (κ2) is 11.4. The highest BCUT2D eigenvalue weighted by Gasteiger charge is 2.24. The molecule has 34 heavy (non-hydrogen) atoms. The lowest BCUT2D eigenvalue weighted by Crippen LogP contribution is -2.51. The normalized spacial score (nSPS) is 14.2. The summed E-state index contributed by atoms with van der Waals surface area (Å²) in [6, 6.07) is 17.8. The fourth-order valence-electron chi connectivity index (χ4n) is 3.85. The van der Waals surface area contributed by atoms with Crippen LogP contribution < -0.4 is 5.32 Å². The van der Waals surface area contributed by atoms with Crippen LogP contribution in [0.25, 0.3) is 0 Å². The smallest absolute Gasteiger partial charge is 0.255 e. The molecular formula is C26H30N4O3S. The largest absolute Gasteiger partial charge is 0.361 e. The summed E-state index contributed by atoms with van der Waals surface area (Å²) in [5.74, 6) is 1.46. The molecule has 0 atom stereocenters. The van der Waals surface area contributed by atoms with Crippen molar-refractivity contribution in [1.29, 1.82) is 0 Å². The maximum absolute atomic E-state index is 13.2. The zero-order valence-corrected chi connectivity index (χ0v) is 20.4. The number of aromatic nitrogens is 1. The summed E-state index contributed by atoms with van der Waals surface area (Å²) in [5.41, 5.74) is 3.86. The second-order valence-electron chi connectivity index (χ2n) is 8.54. The molecule has 1 aliphatic heterocycles. The van der Waals surface area contributed by atoms with Gasteiger partial charge in [0.15, 0.2) is 0 Å². The number of aryl methyl sites for hydroxylation is 2. The Morgan fingerprint density at radius 2 is 1.76 bits per heavy atom. The summed E-state index contributed by atoms with van der Waals surface area (Å²) >= 11 is 1.59. The van der Waals surface area contributed by atoms with Gasteiger partial charge in [-0.2, -0.15) is 0 Å². The summed E-state index contributed by atoms with van der Waals surface area (Å²) in [6.07, 6.45) is 0. The van der Waals surface area contributed by atoms with Crippen LogP contribution in [-0.2, 0) is 17.1 Å². The lowest BCUT2D eigenvalue weighted by atomic mass is 10.1. The molecule has 0 spiro atoms. The van der Waals surface area contributed by atoms with E-state index in [-0.39, 0.29) is 11.8 Å². The highest BCUT2D eigenvalue weighted by atomic mass is 32.2.